The van der Waals surface area contributed by atoms with Gasteiger partial charge >= 0.3 is 0 Å². The number of ether oxygens (including phenoxy) is 3. The molecular weight excluding hydrogens is 468 g/mol. The van der Waals surface area contributed by atoms with Gasteiger partial charge in [0.05, 0.1) is 50.0 Å². The van der Waals surface area contributed by atoms with Gasteiger partial charge in [0.1, 0.15) is 0 Å². The number of hydrogen-bond donors (Lipinski definition) is 2. The molecule has 1 heterocycles. The van der Waals surface area contributed by atoms with Crippen LogP contribution in [0.4, 0.5) is 0 Å². The minimum Gasteiger partial charge on any atom is -0.382 e. The Labute approximate surface area is 222 Å². The molecule has 2 bridgehead atoms. The zero-order valence-electron chi connectivity index (χ0n) is 22.7. The highest BCUT2D eigenvalue weighted by Gasteiger charge is 2.65. The minimum atomic E-state index is -0.538. The van der Waals surface area contributed by atoms with Gasteiger partial charge in [-0.25, -0.2) is 0 Å². The first kappa shape index (κ1) is 29.2. The van der Waals surface area contributed by atoms with Gasteiger partial charge in [-0.2, -0.15) is 0 Å². The van der Waals surface area contributed by atoms with E-state index in [1.54, 1.807) is 7.11 Å². The Bertz CT molecular complexity index is 953. The summed E-state index contributed by atoms with van der Waals surface area (Å²) >= 11 is 0. The van der Waals surface area contributed by atoms with E-state index < -0.39 is 5.41 Å². The van der Waals surface area contributed by atoms with Crippen molar-refractivity contribution in [3.8, 4) is 0 Å². The monoisotopic (exact) mass is 512 g/mol. The van der Waals surface area contributed by atoms with Gasteiger partial charge in [0.15, 0.2) is 5.78 Å². The van der Waals surface area contributed by atoms with Crippen LogP contribution in [0.3, 0.4) is 0 Å². The minimum absolute atomic E-state index is 0.0142. The average molecular weight is 513 g/mol. The molecule has 1 amide bonds. The van der Waals surface area contributed by atoms with Crippen LogP contribution in [0.2, 0.25) is 0 Å². The summed E-state index contributed by atoms with van der Waals surface area (Å²) in [6.07, 6.45) is 4.42. The van der Waals surface area contributed by atoms with E-state index in [1.165, 1.54) is 5.56 Å². The van der Waals surface area contributed by atoms with E-state index in [0.717, 1.165) is 37.7 Å². The van der Waals surface area contributed by atoms with Crippen LogP contribution in [-0.4, -0.2) is 64.4 Å². The van der Waals surface area contributed by atoms with Crippen molar-refractivity contribution in [3.63, 3.8) is 0 Å². The van der Waals surface area contributed by atoms with E-state index in [2.05, 4.69) is 48.7 Å². The van der Waals surface area contributed by atoms with Crippen molar-refractivity contribution in [3.05, 3.63) is 59.7 Å². The van der Waals surface area contributed by atoms with Gasteiger partial charge in [0.2, 0.25) is 5.91 Å². The third-order valence-corrected chi connectivity index (χ3v) is 7.76. The molecule has 0 saturated carbocycles. The van der Waals surface area contributed by atoms with Crippen LogP contribution >= 0.6 is 0 Å². The van der Waals surface area contributed by atoms with Crippen molar-refractivity contribution in [1.82, 2.24) is 10.6 Å². The van der Waals surface area contributed by atoms with Crippen LogP contribution in [0.1, 0.15) is 63.5 Å². The zero-order valence-corrected chi connectivity index (χ0v) is 22.7. The third kappa shape index (κ3) is 6.58. The number of fused-ring (bicyclic) bond motifs is 5. The summed E-state index contributed by atoms with van der Waals surface area (Å²) in [5.74, 6) is 0.287. The van der Waals surface area contributed by atoms with Crippen LogP contribution in [0, 0.1) is 0 Å². The maximum atomic E-state index is 14.0. The van der Waals surface area contributed by atoms with Gasteiger partial charge in [-0.3, -0.25) is 14.9 Å². The van der Waals surface area contributed by atoms with Gasteiger partial charge in [0, 0.05) is 20.1 Å². The quantitative estimate of drug-likeness (QED) is 0.326. The fourth-order valence-electron chi connectivity index (χ4n) is 5.93. The molecule has 7 nitrogen and oxygen atoms in total. The van der Waals surface area contributed by atoms with Crippen LogP contribution in [0.15, 0.2) is 48.5 Å². The molecule has 1 aromatic carbocycles. The molecule has 0 spiro atoms. The first-order valence-corrected chi connectivity index (χ1v) is 13.7. The highest BCUT2D eigenvalue weighted by Crippen LogP contribution is 2.56. The predicted molar refractivity (Wildman–Crippen MR) is 145 cm³/mol. The fourth-order valence-corrected chi connectivity index (χ4v) is 5.93. The van der Waals surface area contributed by atoms with E-state index in [1.807, 2.05) is 24.3 Å². The Kier molecular flexibility index (Phi) is 11.5. The lowest BCUT2D eigenvalue weighted by Gasteiger charge is -2.39. The summed E-state index contributed by atoms with van der Waals surface area (Å²) in [7, 11) is 1.63. The zero-order chi connectivity index (χ0) is 26.6. The van der Waals surface area contributed by atoms with E-state index in [9.17, 15) is 9.59 Å². The molecule has 3 unspecified atom stereocenters. The normalized spacial score (nSPS) is 23.5. The molecule has 1 aromatic rings. The Morgan fingerprint density at radius 1 is 0.919 bits per heavy atom. The molecule has 3 atom stereocenters. The molecule has 3 rings (SSSR count). The molecular formula is C30H44N2O5. The Morgan fingerprint density at radius 3 is 2.30 bits per heavy atom. The number of Topliss-reactive ketones (excluding diaryl/α,β-unsaturated/α-hetero) is 1. The summed E-state index contributed by atoms with van der Waals surface area (Å²) in [6.45, 7) is 7.37. The topological polar surface area (TPSA) is 85.9 Å². The third-order valence-electron chi connectivity index (χ3n) is 7.76. The molecule has 1 saturated heterocycles. The molecule has 1 aliphatic carbocycles. The number of carbonyl (C=O) groups excluding carboxylic acids is 2. The lowest BCUT2D eigenvalue weighted by Crippen LogP contribution is -2.50. The number of ketones is 1. The first-order valence-electron chi connectivity index (χ1n) is 13.7. The maximum absolute atomic E-state index is 14.0. The SMILES string of the molecule is CCC12NC(CCCCNC(=O)CCOCCOCCOC)C(=O)C1(CC)c1cccccccc2c1. The van der Waals surface area contributed by atoms with E-state index >= 15 is 0 Å². The molecule has 1 fully saturated rings. The second-order valence-electron chi connectivity index (χ2n) is 9.74. The molecule has 1 aliphatic heterocycles. The number of rotatable bonds is 16. The smallest absolute Gasteiger partial charge is 0.222 e. The van der Waals surface area contributed by atoms with Crippen molar-refractivity contribution < 1.29 is 23.8 Å². The average Bonchev–Trinajstić information content (AvgIpc) is 3.31. The van der Waals surface area contributed by atoms with Crippen LogP contribution < -0.4 is 10.6 Å². The predicted octanol–water partition coefficient (Wildman–Crippen LogP) is 3.97. The Hall–Kier alpha value is -2.32. The second kappa shape index (κ2) is 14.6. The maximum Gasteiger partial charge on any atom is 0.222 e. The van der Waals surface area contributed by atoms with Crippen LogP contribution in [-0.2, 0) is 34.8 Å². The molecule has 2 aliphatic rings. The lowest BCUT2D eigenvalue weighted by molar-refractivity contribution is -0.125. The van der Waals surface area contributed by atoms with E-state index in [-0.39, 0.29) is 17.5 Å². The van der Waals surface area contributed by atoms with Crippen molar-refractivity contribution in [2.24, 2.45) is 0 Å². The number of unbranched alkanes of at least 4 members (excludes halogenated alkanes) is 1. The standard InChI is InChI=1S/C30H44N2O5/c1-4-29-24-13-9-7-6-8-10-14-25(23-24)30(29,5-2)32-26(28(29)34)15-11-12-17-31-27(33)16-18-36-21-22-37-20-19-35-3/h6-10,13-14,23,26,32H,4-5,11-12,15-22H2,1-3H3,(H,31,33). The summed E-state index contributed by atoms with van der Waals surface area (Å²) in [4.78, 5) is 26.0. The molecule has 0 radical (unpaired) electrons. The van der Waals surface area contributed by atoms with Crippen LogP contribution in [0.5, 0.6) is 0 Å². The molecule has 0 aromatic heterocycles. The number of carbonyl (C=O) groups is 2. The van der Waals surface area contributed by atoms with Crippen molar-refractivity contribution in [1.29, 1.82) is 0 Å². The second-order valence-corrected chi connectivity index (χ2v) is 9.74. The van der Waals surface area contributed by atoms with Gasteiger partial charge in [-0.15, -0.1) is 0 Å². The Balaban J connectivity index is 1.46. The number of hydrogen-bond acceptors (Lipinski definition) is 6. The van der Waals surface area contributed by atoms with Crippen molar-refractivity contribution in [2.45, 2.75) is 69.4 Å². The first-order chi connectivity index (χ1) is 18.1. The van der Waals surface area contributed by atoms with Crippen molar-refractivity contribution in [2.75, 3.05) is 46.7 Å². The number of methoxy groups -OCH3 is 1. The summed E-state index contributed by atoms with van der Waals surface area (Å²) < 4.78 is 15.7. The van der Waals surface area contributed by atoms with Crippen molar-refractivity contribution >= 4 is 11.7 Å². The lowest BCUT2D eigenvalue weighted by atomic mass is 9.64. The highest BCUT2D eigenvalue weighted by molar-refractivity contribution is 6.00. The van der Waals surface area contributed by atoms with Gasteiger partial charge in [-0.05, 0) is 43.2 Å². The summed E-state index contributed by atoms with van der Waals surface area (Å²) in [5, 5.41) is 6.76. The summed E-state index contributed by atoms with van der Waals surface area (Å²) in [6, 6.07) is 16.4. The molecule has 2 N–H and O–H groups in total. The molecule has 204 valence electrons. The highest BCUT2D eigenvalue weighted by atomic mass is 16.5. The number of nitrogens with one attached hydrogen (secondary N) is 2. The van der Waals surface area contributed by atoms with Gasteiger partial charge in [-0.1, -0.05) is 62.4 Å². The number of amides is 1. The van der Waals surface area contributed by atoms with E-state index in [0.29, 0.717) is 51.8 Å². The fraction of sp³-hybridized carbons (Fsp3) is 0.600. The van der Waals surface area contributed by atoms with Gasteiger partial charge in [0.25, 0.3) is 0 Å². The summed E-state index contributed by atoms with van der Waals surface area (Å²) in [5.41, 5.74) is 1.39. The van der Waals surface area contributed by atoms with E-state index in [4.69, 9.17) is 14.2 Å². The molecule has 37 heavy (non-hydrogen) atoms. The largest absolute Gasteiger partial charge is 0.382 e. The van der Waals surface area contributed by atoms with Crippen LogP contribution in [0.25, 0.3) is 0 Å². The molecule has 7 heteroatoms. The van der Waals surface area contributed by atoms with Gasteiger partial charge < -0.3 is 19.5 Å². The Morgan fingerprint density at radius 2 is 1.59 bits per heavy atom.